The van der Waals surface area contributed by atoms with Crippen LogP contribution in [0, 0.1) is 5.92 Å². The van der Waals surface area contributed by atoms with Crippen LogP contribution in [0.5, 0.6) is 0 Å². The zero-order valence-electron chi connectivity index (χ0n) is 20.8. The largest absolute Gasteiger partial charge is 0.425 e. The molecule has 0 spiro atoms. The van der Waals surface area contributed by atoms with Crippen molar-refractivity contribution >= 4 is 17.6 Å². The molecule has 2 amide bonds. The Morgan fingerprint density at radius 3 is 2.16 bits per heavy atom. The SMILES string of the molecule is CC1=C(C(=O)c2ccccc2)[C@@](NC(=O)CCC2CCCCC2)(C(F)(F)F)C(=O)N1Cc1ccccc1. The van der Waals surface area contributed by atoms with E-state index in [0.29, 0.717) is 12.0 Å². The van der Waals surface area contributed by atoms with Gasteiger partial charge in [-0.25, -0.2) is 0 Å². The number of nitrogens with one attached hydrogen (secondary N) is 1. The number of ketones is 1. The molecule has 1 aliphatic heterocycles. The molecule has 1 aliphatic carbocycles. The second-order valence-corrected chi connectivity index (χ2v) is 9.87. The van der Waals surface area contributed by atoms with Gasteiger partial charge in [0, 0.05) is 17.7 Å². The van der Waals surface area contributed by atoms with Gasteiger partial charge >= 0.3 is 6.18 Å². The van der Waals surface area contributed by atoms with Crippen LogP contribution in [-0.4, -0.2) is 34.2 Å². The number of hydrogen-bond donors (Lipinski definition) is 1. The molecule has 37 heavy (non-hydrogen) atoms. The molecule has 8 heteroatoms. The number of carbonyl (C=O) groups excluding carboxylic acids is 3. The molecule has 196 valence electrons. The molecule has 0 bridgehead atoms. The third kappa shape index (κ3) is 5.33. The minimum absolute atomic E-state index is 0.0105. The summed E-state index contributed by atoms with van der Waals surface area (Å²) in [7, 11) is 0. The van der Waals surface area contributed by atoms with Crippen LogP contribution in [0.2, 0.25) is 0 Å². The van der Waals surface area contributed by atoms with Crippen molar-refractivity contribution in [3.63, 3.8) is 0 Å². The first-order chi connectivity index (χ1) is 17.6. The van der Waals surface area contributed by atoms with Crippen LogP contribution in [0.1, 0.15) is 67.8 Å². The van der Waals surface area contributed by atoms with E-state index in [-0.39, 0.29) is 30.1 Å². The number of amides is 2. The third-order valence-electron chi connectivity index (χ3n) is 7.41. The molecule has 0 saturated heterocycles. The van der Waals surface area contributed by atoms with Crippen LogP contribution in [0.15, 0.2) is 71.9 Å². The molecule has 0 unspecified atom stereocenters. The fourth-order valence-corrected chi connectivity index (χ4v) is 5.43. The summed E-state index contributed by atoms with van der Waals surface area (Å²) >= 11 is 0. The van der Waals surface area contributed by atoms with Gasteiger partial charge in [0.05, 0.1) is 12.1 Å². The lowest BCUT2D eigenvalue weighted by Gasteiger charge is -2.34. The van der Waals surface area contributed by atoms with Gasteiger partial charge in [-0.2, -0.15) is 13.2 Å². The molecule has 1 heterocycles. The summed E-state index contributed by atoms with van der Waals surface area (Å²) in [4.78, 5) is 41.2. The van der Waals surface area contributed by atoms with Gasteiger partial charge in [-0.3, -0.25) is 14.4 Å². The highest BCUT2D eigenvalue weighted by molar-refractivity contribution is 6.19. The fourth-order valence-electron chi connectivity index (χ4n) is 5.43. The molecule has 2 aromatic rings. The highest BCUT2D eigenvalue weighted by atomic mass is 19.4. The lowest BCUT2D eigenvalue weighted by molar-refractivity contribution is -0.193. The molecule has 0 aromatic heterocycles. The Kier molecular flexibility index (Phi) is 7.85. The van der Waals surface area contributed by atoms with Crippen molar-refractivity contribution in [1.29, 1.82) is 0 Å². The number of rotatable bonds is 8. The number of nitrogens with zero attached hydrogens (tertiary/aromatic N) is 1. The maximum absolute atomic E-state index is 15.0. The Hall–Kier alpha value is -3.42. The van der Waals surface area contributed by atoms with Crippen LogP contribution in [-0.2, 0) is 16.1 Å². The van der Waals surface area contributed by atoms with Gasteiger partial charge in [0.1, 0.15) is 0 Å². The molecular formula is C29H31F3N2O3. The first kappa shape index (κ1) is 26.6. The lowest BCUT2D eigenvalue weighted by atomic mass is 9.83. The molecule has 2 aliphatic rings. The molecule has 2 aromatic carbocycles. The Bertz CT molecular complexity index is 1170. The second kappa shape index (κ2) is 10.9. The Morgan fingerprint density at radius 1 is 0.973 bits per heavy atom. The van der Waals surface area contributed by atoms with Crippen molar-refractivity contribution in [2.45, 2.75) is 70.1 Å². The van der Waals surface area contributed by atoms with Gasteiger partial charge in [-0.1, -0.05) is 92.8 Å². The number of Topliss-reactive ketones (excluding diaryl/α,β-unsaturated/α-hetero) is 1. The first-order valence-electron chi connectivity index (χ1n) is 12.7. The number of alkyl halides is 3. The molecule has 1 saturated carbocycles. The van der Waals surface area contributed by atoms with E-state index in [0.717, 1.165) is 37.0 Å². The molecule has 4 rings (SSSR count). The van der Waals surface area contributed by atoms with Gasteiger partial charge in [0.15, 0.2) is 5.78 Å². The molecular weight excluding hydrogens is 481 g/mol. The number of allylic oxidation sites excluding steroid dienone is 1. The van der Waals surface area contributed by atoms with Gasteiger partial charge in [0.25, 0.3) is 5.91 Å². The minimum atomic E-state index is -5.24. The van der Waals surface area contributed by atoms with Crippen molar-refractivity contribution < 1.29 is 27.6 Å². The van der Waals surface area contributed by atoms with Crippen LogP contribution in [0.4, 0.5) is 13.2 Å². The first-order valence-corrected chi connectivity index (χ1v) is 12.7. The predicted octanol–water partition coefficient (Wildman–Crippen LogP) is 5.96. The molecule has 1 fully saturated rings. The zero-order valence-corrected chi connectivity index (χ0v) is 20.8. The topological polar surface area (TPSA) is 66.5 Å². The quantitative estimate of drug-likeness (QED) is 0.444. The Morgan fingerprint density at radius 2 is 1.57 bits per heavy atom. The van der Waals surface area contributed by atoms with E-state index in [1.165, 1.54) is 19.1 Å². The van der Waals surface area contributed by atoms with Crippen LogP contribution >= 0.6 is 0 Å². The van der Waals surface area contributed by atoms with Gasteiger partial charge in [-0.05, 0) is 24.8 Å². The average Bonchev–Trinajstić information content (AvgIpc) is 3.10. The summed E-state index contributed by atoms with van der Waals surface area (Å²) in [5.74, 6) is -2.92. The standard InChI is InChI=1S/C29H31F3N2O3/c1-20-25(26(36)23-15-9-4-10-16-23)28(29(30,31)32,27(37)34(20)19-22-13-7-3-8-14-22)33-24(35)18-17-21-11-5-2-6-12-21/h3-4,7-10,13-16,21H,2,5-6,11-12,17-19H2,1H3,(H,33,35)/t28-/m0/s1. The number of benzene rings is 2. The predicted molar refractivity (Wildman–Crippen MR) is 133 cm³/mol. The monoisotopic (exact) mass is 512 g/mol. The van der Waals surface area contributed by atoms with E-state index in [2.05, 4.69) is 0 Å². The number of hydrogen-bond acceptors (Lipinski definition) is 3. The smallest absolute Gasteiger partial charge is 0.330 e. The second-order valence-electron chi connectivity index (χ2n) is 9.87. The van der Waals surface area contributed by atoms with E-state index >= 15 is 0 Å². The molecule has 1 atom stereocenters. The zero-order chi connectivity index (χ0) is 26.6. The highest BCUT2D eigenvalue weighted by Crippen LogP contribution is 2.46. The summed E-state index contributed by atoms with van der Waals surface area (Å²) in [5, 5.41) is 2.03. The third-order valence-corrected chi connectivity index (χ3v) is 7.41. The number of carbonyl (C=O) groups is 3. The number of halogens is 3. The van der Waals surface area contributed by atoms with E-state index in [1.807, 2.05) is 5.32 Å². The van der Waals surface area contributed by atoms with Gasteiger partial charge < -0.3 is 10.2 Å². The van der Waals surface area contributed by atoms with E-state index in [1.54, 1.807) is 48.5 Å². The summed E-state index contributed by atoms with van der Waals surface area (Å²) < 4.78 is 45.0. The Labute approximate surface area is 214 Å². The van der Waals surface area contributed by atoms with Crippen molar-refractivity contribution in [2.24, 2.45) is 5.92 Å². The molecule has 0 radical (unpaired) electrons. The summed E-state index contributed by atoms with van der Waals surface area (Å²) in [6.07, 6.45) is 0.174. The van der Waals surface area contributed by atoms with E-state index < -0.39 is 34.9 Å². The van der Waals surface area contributed by atoms with E-state index in [4.69, 9.17) is 0 Å². The normalized spacial score (nSPS) is 20.9. The fraction of sp³-hybridized carbons (Fsp3) is 0.414. The Balaban J connectivity index is 1.73. The minimum Gasteiger partial charge on any atom is -0.330 e. The molecule has 1 N–H and O–H groups in total. The average molecular weight is 513 g/mol. The lowest BCUT2D eigenvalue weighted by Crippen LogP contribution is -2.66. The van der Waals surface area contributed by atoms with E-state index in [9.17, 15) is 27.6 Å². The summed E-state index contributed by atoms with van der Waals surface area (Å²) in [5.41, 5.74) is -3.71. The highest BCUT2D eigenvalue weighted by Gasteiger charge is 2.70. The summed E-state index contributed by atoms with van der Waals surface area (Å²) in [6.45, 7) is 1.17. The van der Waals surface area contributed by atoms with Crippen molar-refractivity contribution in [3.8, 4) is 0 Å². The van der Waals surface area contributed by atoms with Crippen molar-refractivity contribution in [1.82, 2.24) is 10.2 Å². The van der Waals surface area contributed by atoms with Crippen LogP contribution < -0.4 is 5.32 Å². The van der Waals surface area contributed by atoms with Crippen LogP contribution in [0.25, 0.3) is 0 Å². The van der Waals surface area contributed by atoms with Crippen LogP contribution in [0.3, 0.4) is 0 Å². The maximum atomic E-state index is 15.0. The summed E-state index contributed by atoms with van der Waals surface area (Å²) in [6, 6.07) is 16.1. The van der Waals surface area contributed by atoms with Gasteiger partial charge in [0.2, 0.25) is 11.4 Å². The van der Waals surface area contributed by atoms with Crippen molar-refractivity contribution in [2.75, 3.05) is 0 Å². The van der Waals surface area contributed by atoms with Crippen molar-refractivity contribution in [3.05, 3.63) is 83.1 Å². The van der Waals surface area contributed by atoms with Gasteiger partial charge in [-0.15, -0.1) is 0 Å². The molecule has 5 nitrogen and oxygen atoms in total. The maximum Gasteiger partial charge on any atom is 0.425 e.